The maximum atomic E-state index is 13.1. The van der Waals surface area contributed by atoms with Crippen LogP contribution in [0.15, 0.2) is 22.7 Å². The normalized spacial score (nSPS) is 26.4. The zero-order valence-corrected chi connectivity index (χ0v) is 10.5. The van der Waals surface area contributed by atoms with Crippen molar-refractivity contribution in [3.8, 4) is 0 Å². The summed E-state index contributed by atoms with van der Waals surface area (Å²) in [5.74, 6) is 1.29. The van der Waals surface area contributed by atoms with Gasteiger partial charge in [-0.05, 0) is 58.9 Å². The summed E-state index contributed by atoms with van der Waals surface area (Å²) < 4.78 is 13.6. The minimum absolute atomic E-state index is 0.197. The van der Waals surface area contributed by atoms with Gasteiger partial charge in [-0.1, -0.05) is 13.0 Å². The SMILES string of the molecule is CNC(c1ccc(F)c(Br)c1)C1CC1C. The Morgan fingerprint density at radius 3 is 2.67 bits per heavy atom. The van der Waals surface area contributed by atoms with E-state index in [2.05, 4.69) is 28.2 Å². The van der Waals surface area contributed by atoms with E-state index in [-0.39, 0.29) is 5.82 Å². The summed E-state index contributed by atoms with van der Waals surface area (Å²) in [6.07, 6.45) is 1.26. The second-order valence-electron chi connectivity index (χ2n) is 4.32. The lowest BCUT2D eigenvalue weighted by Crippen LogP contribution is -2.19. The summed E-state index contributed by atoms with van der Waals surface area (Å²) in [5.41, 5.74) is 1.17. The molecule has 0 amide bonds. The summed E-state index contributed by atoms with van der Waals surface area (Å²) in [6.45, 7) is 2.26. The molecule has 1 aromatic carbocycles. The average molecular weight is 272 g/mol. The van der Waals surface area contributed by atoms with Crippen LogP contribution in [-0.4, -0.2) is 7.05 Å². The molecule has 1 aromatic rings. The van der Waals surface area contributed by atoms with E-state index < -0.39 is 0 Å². The fraction of sp³-hybridized carbons (Fsp3) is 0.500. The molecule has 3 unspecified atom stereocenters. The van der Waals surface area contributed by atoms with Gasteiger partial charge in [-0.15, -0.1) is 0 Å². The van der Waals surface area contributed by atoms with E-state index in [0.717, 1.165) is 5.92 Å². The predicted octanol–water partition coefficient (Wildman–Crippen LogP) is 3.50. The van der Waals surface area contributed by atoms with Gasteiger partial charge in [0.15, 0.2) is 0 Å². The van der Waals surface area contributed by atoms with Gasteiger partial charge in [0.2, 0.25) is 0 Å². The smallest absolute Gasteiger partial charge is 0.137 e. The number of hydrogen-bond donors (Lipinski definition) is 1. The third-order valence-corrected chi connectivity index (χ3v) is 3.82. The fourth-order valence-corrected chi connectivity index (χ4v) is 2.55. The largest absolute Gasteiger partial charge is 0.313 e. The van der Waals surface area contributed by atoms with Crippen LogP contribution in [0.4, 0.5) is 4.39 Å². The number of hydrogen-bond acceptors (Lipinski definition) is 1. The van der Waals surface area contributed by atoms with Gasteiger partial charge in [-0.25, -0.2) is 4.39 Å². The van der Waals surface area contributed by atoms with Crippen LogP contribution in [-0.2, 0) is 0 Å². The molecule has 1 aliphatic carbocycles. The molecule has 0 spiro atoms. The van der Waals surface area contributed by atoms with Crippen LogP contribution < -0.4 is 5.32 Å². The monoisotopic (exact) mass is 271 g/mol. The van der Waals surface area contributed by atoms with Crippen LogP contribution in [0.1, 0.15) is 24.9 Å². The van der Waals surface area contributed by atoms with E-state index in [1.807, 2.05) is 19.2 Å². The number of nitrogens with one attached hydrogen (secondary N) is 1. The maximum Gasteiger partial charge on any atom is 0.137 e. The molecule has 1 saturated carbocycles. The summed E-state index contributed by atoms with van der Waals surface area (Å²) in [6, 6.07) is 5.63. The van der Waals surface area contributed by atoms with Gasteiger partial charge in [0.05, 0.1) is 4.47 Å². The molecule has 0 bridgehead atoms. The van der Waals surface area contributed by atoms with Crippen molar-refractivity contribution in [2.75, 3.05) is 7.05 Å². The lowest BCUT2D eigenvalue weighted by molar-refractivity contribution is 0.502. The molecule has 82 valence electrons. The number of rotatable bonds is 3. The topological polar surface area (TPSA) is 12.0 Å². The van der Waals surface area contributed by atoms with Crippen molar-refractivity contribution in [3.63, 3.8) is 0 Å². The zero-order valence-electron chi connectivity index (χ0n) is 8.93. The summed E-state index contributed by atoms with van der Waals surface area (Å²) in [7, 11) is 1.97. The van der Waals surface area contributed by atoms with Gasteiger partial charge < -0.3 is 5.32 Å². The Morgan fingerprint density at radius 1 is 1.53 bits per heavy atom. The minimum Gasteiger partial charge on any atom is -0.313 e. The Hall–Kier alpha value is -0.410. The Labute approximate surface area is 98.2 Å². The first-order valence-electron chi connectivity index (χ1n) is 5.25. The average Bonchev–Trinajstić information content (AvgIpc) is 2.90. The van der Waals surface area contributed by atoms with Crippen molar-refractivity contribution in [2.45, 2.75) is 19.4 Å². The molecule has 3 heteroatoms. The maximum absolute atomic E-state index is 13.1. The summed E-state index contributed by atoms with van der Waals surface area (Å²) >= 11 is 3.23. The first-order chi connectivity index (χ1) is 7.13. The molecule has 0 heterocycles. The van der Waals surface area contributed by atoms with Gasteiger partial charge in [0.1, 0.15) is 5.82 Å². The minimum atomic E-state index is -0.197. The molecule has 0 saturated heterocycles. The van der Waals surface area contributed by atoms with Gasteiger partial charge >= 0.3 is 0 Å². The Balaban J connectivity index is 2.23. The summed E-state index contributed by atoms with van der Waals surface area (Å²) in [4.78, 5) is 0. The van der Waals surface area contributed by atoms with Crippen molar-refractivity contribution >= 4 is 15.9 Å². The molecule has 1 N–H and O–H groups in total. The van der Waals surface area contributed by atoms with Crippen molar-refractivity contribution in [1.82, 2.24) is 5.32 Å². The number of benzene rings is 1. The van der Waals surface area contributed by atoms with Crippen molar-refractivity contribution in [2.24, 2.45) is 11.8 Å². The van der Waals surface area contributed by atoms with E-state index in [0.29, 0.717) is 16.4 Å². The zero-order chi connectivity index (χ0) is 11.0. The van der Waals surface area contributed by atoms with Crippen LogP contribution in [0, 0.1) is 17.7 Å². The van der Waals surface area contributed by atoms with E-state index >= 15 is 0 Å². The highest BCUT2D eigenvalue weighted by atomic mass is 79.9. The van der Waals surface area contributed by atoms with E-state index in [1.54, 1.807) is 0 Å². The molecule has 1 aliphatic rings. The lowest BCUT2D eigenvalue weighted by Gasteiger charge is -2.16. The van der Waals surface area contributed by atoms with Crippen LogP contribution in [0.5, 0.6) is 0 Å². The molecule has 0 aromatic heterocycles. The molecule has 1 nitrogen and oxygen atoms in total. The molecule has 0 radical (unpaired) electrons. The fourth-order valence-electron chi connectivity index (χ4n) is 2.15. The quantitative estimate of drug-likeness (QED) is 0.888. The molecule has 15 heavy (non-hydrogen) atoms. The molecule has 1 fully saturated rings. The highest BCUT2D eigenvalue weighted by Crippen LogP contribution is 2.47. The predicted molar refractivity (Wildman–Crippen MR) is 63.2 cm³/mol. The van der Waals surface area contributed by atoms with Crippen molar-refractivity contribution < 1.29 is 4.39 Å². The highest BCUT2D eigenvalue weighted by Gasteiger charge is 2.39. The third kappa shape index (κ3) is 2.23. The molecule has 0 aliphatic heterocycles. The second kappa shape index (κ2) is 4.22. The van der Waals surface area contributed by atoms with Gasteiger partial charge in [0.25, 0.3) is 0 Å². The standard InChI is InChI=1S/C12H15BrFN/c1-7-5-9(7)12(15-2)8-3-4-11(14)10(13)6-8/h3-4,6-7,9,12,15H,5H2,1-2H3. The highest BCUT2D eigenvalue weighted by molar-refractivity contribution is 9.10. The van der Waals surface area contributed by atoms with Crippen molar-refractivity contribution in [1.29, 1.82) is 0 Å². The van der Waals surface area contributed by atoms with Crippen LogP contribution >= 0.6 is 15.9 Å². The second-order valence-corrected chi connectivity index (χ2v) is 5.17. The Bertz CT molecular complexity index is 367. The molecular formula is C12H15BrFN. The van der Waals surface area contributed by atoms with Gasteiger partial charge in [-0.3, -0.25) is 0 Å². The van der Waals surface area contributed by atoms with Crippen LogP contribution in [0.3, 0.4) is 0 Å². The molecular weight excluding hydrogens is 257 g/mol. The van der Waals surface area contributed by atoms with Gasteiger partial charge in [-0.2, -0.15) is 0 Å². The Morgan fingerprint density at radius 2 is 2.20 bits per heavy atom. The van der Waals surface area contributed by atoms with Crippen LogP contribution in [0.25, 0.3) is 0 Å². The van der Waals surface area contributed by atoms with E-state index in [9.17, 15) is 4.39 Å². The van der Waals surface area contributed by atoms with E-state index in [4.69, 9.17) is 0 Å². The number of halogens is 2. The summed E-state index contributed by atoms with van der Waals surface area (Å²) in [5, 5.41) is 3.31. The molecule has 3 atom stereocenters. The van der Waals surface area contributed by atoms with Gasteiger partial charge in [0, 0.05) is 6.04 Å². The van der Waals surface area contributed by atoms with E-state index in [1.165, 1.54) is 18.1 Å². The van der Waals surface area contributed by atoms with Crippen LogP contribution in [0.2, 0.25) is 0 Å². The molecule has 2 rings (SSSR count). The third-order valence-electron chi connectivity index (χ3n) is 3.21. The lowest BCUT2D eigenvalue weighted by atomic mass is 10.0. The first-order valence-corrected chi connectivity index (χ1v) is 6.05. The van der Waals surface area contributed by atoms with Crippen molar-refractivity contribution in [3.05, 3.63) is 34.1 Å². The first kappa shape index (κ1) is 11.1. The Kier molecular flexibility index (Phi) is 3.12.